The first-order valence-electron chi connectivity index (χ1n) is 11.6. The van der Waals surface area contributed by atoms with E-state index in [-0.39, 0.29) is 12.4 Å². The smallest absolute Gasteiger partial charge is 0.416 e. The molecule has 4 rings (SSSR count). The average Bonchev–Trinajstić information content (AvgIpc) is 2.83. The van der Waals surface area contributed by atoms with Crippen LogP contribution in [-0.2, 0) is 11.0 Å². The van der Waals surface area contributed by atoms with Gasteiger partial charge in [0.25, 0.3) is 5.91 Å². The number of hydrogen-bond donors (Lipinski definition) is 1. The van der Waals surface area contributed by atoms with Crippen LogP contribution in [0.2, 0.25) is 0 Å². The molecule has 1 N–H and O–H groups in total. The number of halogens is 3. The number of piperazine rings is 1. The molecule has 1 aliphatic heterocycles. The van der Waals surface area contributed by atoms with Crippen molar-refractivity contribution in [3.63, 3.8) is 0 Å². The molecule has 6 nitrogen and oxygen atoms in total. The SMILES string of the molecule is Cc1cc(N2CCN(C(C)C)CC2)nc2ccc(NC(=O)COc3ccc(C(F)(F)F)cc3)cc12. The van der Waals surface area contributed by atoms with Crippen LogP contribution >= 0.6 is 0 Å². The molecular formula is C26H29F3N4O2. The van der Waals surface area contributed by atoms with Crippen LogP contribution in [0, 0.1) is 6.92 Å². The molecule has 0 saturated carbocycles. The van der Waals surface area contributed by atoms with Crippen molar-refractivity contribution in [3.8, 4) is 5.75 Å². The van der Waals surface area contributed by atoms with E-state index >= 15 is 0 Å². The number of carbonyl (C=O) groups excluding carboxylic acids is 1. The zero-order valence-corrected chi connectivity index (χ0v) is 20.0. The standard InChI is InChI=1S/C26H29F3N4O2/c1-17(2)32-10-12-33(13-11-32)24-14-18(3)22-15-20(6-9-23(22)31-24)30-25(34)16-35-21-7-4-19(5-8-21)26(27,28)29/h4-9,14-15,17H,10-13,16H2,1-3H3,(H,30,34). The molecule has 3 aromatic rings. The van der Waals surface area contributed by atoms with Gasteiger partial charge in [0.05, 0.1) is 11.1 Å². The molecule has 1 aromatic heterocycles. The van der Waals surface area contributed by atoms with Crippen molar-refractivity contribution in [2.24, 2.45) is 0 Å². The van der Waals surface area contributed by atoms with E-state index in [4.69, 9.17) is 9.72 Å². The summed E-state index contributed by atoms with van der Waals surface area (Å²) in [4.78, 5) is 21.9. The zero-order valence-electron chi connectivity index (χ0n) is 20.0. The van der Waals surface area contributed by atoms with Gasteiger partial charge in [0.1, 0.15) is 11.6 Å². The Balaban J connectivity index is 1.38. The highest BCUT2D eigenvalue weighted by Crippen LogP contribution is 2.30. The number of anilines is 2. The van der Waals surface area contributed by atoms with Gasteiger partial charge < -0.3 is 15.0 Å². The fraction of sp³-hybridized carbons (Fsp3) is 0.385. The highest BCUT2D eigenvalue weighted by atomic mass is 19.4. The minimum Gasteiger partial charge on any atom is -0.484 e. The highest BCUT2D eigenvalue weighted by Gasteiger charge is 2.30. The van der Waals surface area contributed by atoms with Crippen LogP contribution in [0.4, 0.5) is 24.7 Å². The van der Waals surface area contributed by atoms with E-state index in [0.29, 0.717) is 11.7 Å². The molecule has 0 radical (unpaired) electrons. The van der Waals surface area contributed by atoms with Crippen molar-refractivity contribution in [3.05, 3.63) is 59.7 Å². The van der Waals surface area contributed by atoms with Gasteiger partial charge in [0.15, 0.2) is 6.61 Å². The Bertz CT molecular complexity index is 1190. The molecule has 0 atom stereocenters. The largest absolute Gasteiger partial charge is 0.484 e. The van der Waals surface area contributed by atoms with Crippen LogP contribution in [0.1, 0.15) is 25.0 Å². The van der Waals surface area contributed by atoms with Gasteiger partial charge in [-0.15, -0.1) is 0 Å². The Kier molecular flexibility index (Phi) is 7.16. The third-order valence-electron chi connectivity index (χ3n) is 6.21. The molecule has 186 valence electrons. The molecule has 2 heterocycles. The molecule has 35 heavy (non-hydrogen) atoms. The summed E-state index contributed by atoms with van der Waals surface area (Å²) in [5, 5.41) is 3.71. The summed E-state index contributed by atoms with van der Waals surface area (Å²) in [6.07, 6.45) is -4.41. The molecule has 2 aromatic carbocycles. The fourth-order valence-electron chi connectivity index (χ4n) is 4.17. The number of hydrogen-bond acceptors (Lipinski definition) is 5. The van der Waals surface area contributed by atoms with E-state index in [1.807, 2.05) is 19.1 Å². The number of amides is 1. The summed E-state index contributed by atoms with van der Waals surface area (Å²) < 4.78 is 43.3. The van der Waals surface area contributed by atoms with Gasteiger partial charge in [-0.05, 0) is 74.9 Å². The first kappa shape index (κ1) is 24.8. The third kappa shape index (κ3) is 6.03. The Hall–Kier alpha value is -3.33. The second kappa shape index (κ2) is 10.1. The van der Waals surface area contributed by atoms with E-state index < -0.39 is 17.6 Å². The Morgan fingerprint density at radius 2 is 1.74 bits per heavy atom. The monoisotopic (exact) mass is 486 g/mol. The van der Waals surface area contributed by atoms with Crippen LogP contribution in [0.15, 0.2) is 48.5 Å². The van der Waals surface area contributed by atoms with Crippen LogP contribution in [0.3, 0.4) is 0 Å². The number of pyridine rings is 1. The quantitative estimate of drug-likeness (QED) is 0.525. The summed E-state index contributed by atoms with van der Waals surface area (Å²) in [6, 6.07) is 12.4. The molecule has 9 heteroatoms. The molecule has 1 fully saturated rings. The fourth-order valence-corrected chi connectivity index (χ4v) is 4.17. The van der Waals surface area contributed by atoms with Gasteiger partial charge in [-0.3, -0.25) is 9.69 Å². The number of nitrogens with zero attached hydrogens (tertiary/aromatic N) is 3. The summed E-state index contributed by atoms with van der Waals surface area (Å²) in [5.41, 5.74) is 1.75. The second-order valence-corrected chi connectivity index (χ2v) is 9.01. The van der Waals surface area contributed by atoms with Crippen LogP contribution in [0.5, 0.6) is 5.75 Å². The predicted molar refractivity (Wildman–Crippen MR) is 131 cm³/mol. The zero-order chi connectivity index (χ0) is 25.2. The van der Waals surface area contributed by atoms with Gasteiger partial charge in [-0.2, -0.15) is 13.2 Å². The number of fused-ring (bicyclic) bond motifs is 1. The maximum Gasteiger partial charge on any atom is 0.416 e. The Morgan fingerprint density at radius 3 is 2.37 bits per heavy atom. The van der Waals surface area contributed by atoms with Gasteiger partial charge in [0.2, 0.25) is 0 Å². The van der Waals surface area contributed by atoms with E-state index in [1.54, 1.807) is 6.07 Å². The lowest BCUT2D eigenvalue weighted by Crippen LogP contribution is -2.49. The molecule has 1 amide bonds. The number of ether oxygens (including phenoxy) is 1. The first-order chi connectivity index (χ1) is 16.6. The lowest BCUT2D eigenvalue weighted by molar-refractivity contribution is -0.137. The Labute approximate surface area is 202 Å². The van der Waals surface area contributed by atoms with E-state index in [9.17, 15) is 18.0 Å². The van der Waals surface area contributed by atoms with Crippen molar-refractivity contribution >= 4 is 28.3 Å². The normalized spacial score (nSPS) is 15.0. The van der Waals surface area contributed by atoms with Crippen molar-refractivity contribution in [2.45, 2.75) is 33.0 Å². The molecule has 1 aliphatic rings. The van der Waals surface area contributed by atoms with Gasteiger partial charge >= 0.3 is 6.18 Å². The summed E-state index contributed by atoms with van der Waals surface area (Å²) in [7, 11) is 0. The van der Waals surface area contributed by atoms with Crippen LogP contribution in [0.25, 0.3) is 10.9 Å². The molecule has 0 unspecified atom stereocenters. The molecule has 1 saturated heterocycles. The molecule has 0 bridgehead atoms. The van der Waals surface area contributed by atoms with Crippen LogP contribution < -0.4 is 15.0 Å². The number of nitrogens with one attached hydrogen (secondary N) is 1. The molecule has 0 aliphatic carbocycles. The number of aromatic nitrogens is 1. The average molecular weight is 487 g/mol. The molecular weight excluding hydrogens is 457 g/mol. The number of aryl methyl sites for hydroxylation is 1. The van der Waals surface area contributed by atoms with E-state index in [2.05, 4.69) is 35.0 Å². The van der Waals surface area contributed by atoms with Gasteiger partial charge in [-0.25, -0.2) is 4.98 Å². The van der Waals surface area contributed by atoms with Gasteiger partial charge in [0, 0.05) is 43.3 Å². The minimum absolute atomic E-state index is 0.188. The maximum absolute atomic E-state index is 12.7. The predicted octanol–water partition coefficient (Wildman–Crippen LogP) is 5.11. The van der Waals surface area contributed by atoms with Crippen LogP contribution in [-0.4, -0.2) is 54.6 Å². The van der Waals surface area contributed by atoms with Crippen molar-refractivity contribution in [2.75, 3.05) is 43.0 Å². The first-order valence-corrected chi connectivity index (χ1v) is 11.6. The highest BCUT2D eigenvalue weighted by molar-refractivity contribution is 5.95. The van der Waals surface area contributed by atoms with Crippen molar-refractivity contribution < 1.29 is 22.7 Å². The van der Waals surface area contributed by atoms with Gasteiger partial charge in [-0.1, -0.05) is 0 Å². The summed E-state index contributed by atoms with van der Waals surface area (Å²) in [6.45, 7) is 10.0. The van der Waals surface area contributed by atoms with E-state index in [0.717, 1.165) is 60.6 Å². The maximum atomic E-state index is 12.7. The second-order valence-electron chi connectivity index (χ2n) is 9.01. The van der Waals surface area contributed by atoms with Crippen molar-refractivity contribution in [1.29, 1.82) is 0 Å². The number of carbonyl (C=O) groups is 1. The number of rotatable bonds is 6. The molecule has 0 spiro atoms. The summed E-state index contributed by atoms with van der Waals surface area (Å²) in [5.74, 6) is 0.739. The number of alkyl halides is 3. The Morgan fingerprint density at radius 1 is 1.06 bits per heavy atom. The summed E-state index contributed by atoms with van der Waals surface area (Å²) >= 11 is 0. The van der Waals surface area contributed by atoms with Crippen molar-refractivity contribution in [1.82, 2.24) is 9.88 Å². The lowest BCUT2D eigenvalue weighted by atomic mass is 10.1. The minimum atomic E-state index is -4.41. The lowest BCUT2D eigenvalue weighted by Gasteiger charge is -2.37. The third-order valence-corrected chi connectivity index (χ3v) is 6.21. The van der Waals surface area contributed by atoms with E-state index in [1.165, 1.54) is 12.1 Å². The topological polar surface area (TPSA) is 57.7 Å². The number of benzene rings is 2.